The maximum Gasteiger partial charge on any atom is 0.343 e. The number of hydrogen-bond donors (Lipinski definition) is 1. The number of ketones is 1. The summed E-state index contributed by atoms with van der Waals surface area (Å²) in [5, 5.41) is 1.96. The summed E-state index contributed by atoms with van der Waals surface area (Å²) in [6.07, 6.45) is 2.69. The topological polar surface area (TPSA) is 94.1 Å². The third-order valence-corrected chi connectivity index (χ3v) is 3.88. The van der Waals surface area contributed by atoms with Crippen LogP contribution >= 0.6 is 34.9 Å². The Morgan fingerprint density at radius 3 is 2.80 bits per heavy atom. The van der Waals surface area contributed by atoms with Crippen molar-refractivity contribution in [3.05, 3.63) is 51.4 Å². The zero-order valence-electron chi connectivity index (χ0n) is 12.8. The number of ether oxygens (including phenoxy) is 1. The highest BCUT2D eigenvalue weighted by Crippen LogP contribution is 2.23. The van der Waals surface area contributed by atoms with Crippen LogP contribution in [0.3, 0.4) is 0 Å². The zero-order valence-corrected chi connectivity index (χ0v) is 15.1. The van der Waals surface area contributed by atoms with Crippen LogP contribution in [0.15, 0.2) is 24.0 Å². The van der Waals surface area contributed by atoms with Gasteiger partial charge in [0.25, 0.3) is 0 Å². The molecule has 0 fully saturated rings. The molecule has 0 saturated heterocycles. The Morgan fingerprint density at radius 1 is 1.40 bits per heavy atom. The van der Waals surface area contributed by atoms with Gasteiger partial charge in [-0.1, -0.05) is 23.2 Å². The van der Waals surface area contributed by atoms with E-state index in [0.29, 0.717) is 5.69 Å². The molecule has 0 bridgehead atoms. The van der Waals surface area contributed by atoms with Gasteiger partial charge in [0.1, 0.15) is 10.7 Å². The van der Waals surface area contributed by atoms with Crippen molar-refractivity contribution in [2.45, 2.75) is 13.5 Å². The lowest BCUT2D eigenvalue weighted by Gasteiger charge is -2.09. The molecule has 0 radical (unpaired) electrons. The van der Waals surface area contributed by atoms with Crippen LogP contribution in [0.2, 0.25) is 10.3 Å². The lowest BCUT2D eigenvalue weighted by atomic mass is 10.1. The molecule has 0 aromatic carbocycles. The second-order valence-corrected chi connectivity index (χ2v) is 5.76. The molecule has 11 heteroatoms. The summed E-state index contributed by atoms with van der Waals surface area (Å²) in [6, 6.07) is 0.817. The number of aromatic nitrogens is 3. The van der Waals surface area contributed by atoms with Gasteiger partial charge in [-0.05, 0) is 13.0 Å². The quantitative estimate of drug-likeness (QED) is 0.189. The standard InChI is InChI=1S/C14H11Cl2FN4O3S/c1-2-24-14(23)9(6-18-4-7-5-19-25-21-7)11(22)8-3-10(17)13(16)20-12(8)15/h3,5-6,18H,2,4H2,1H3. The molecule has 0 amide bonds. The van der Waals surface area contributed by atoms with Crippen molar-refractivity contribution < 1.29 is 18.7 Å². The largest absolute Gasteiger partial charge is 0.462 e. The van der Waals surface area contributed by atoms with Crippen molar-refractivity contribution in [1.82, 2.24) is 19.0 Å². The van der Waals surface area contributed by atoms with E-state index in [1.54, 1.807) is 6.92 Å². The molecule has 1 N–H and O–H groups in total. The molecular formula is C14H11Cl2FN4O3S. The van der Waals surface area contributed by atoms with Gasteiger partial charge in [-0.2, -0.15) is 8.75 Å². The van der Waals surface area contributed by atoms with Gasteiger partial charge in [-0.15, -0.1) is 0 Å². The van der Waals surface area contributed by atoms with Crippen LogP contribution in [-0.4, -0.2) is 32.1 Å². The Morgan fingerprint density at radius 2 is 2.16 bits per heavy atom. The zero-order chi connectivity index (χ0) is 18.4. The van der Waals surface area contributed by atoms with Gasteiger partial charge in [0, 0.05) is 6.20 Å². The lowest BCUT2D eigenvalue weighted by molar-refractivity contribution is -0.138. The van der Waals surface area contributed by atoms with E-state index in [2.05, 4.69) is 19.0 Å². The average molecular weight is 405 g/mol. The molecule has 2 aromatic heterocycles. The maximum atomic E-state index is 13.6. The molecule has 0 unspecified atom stereocenters. The van der Waals surface area contributed by atoms with E-state index in [-0.39, 0.29) is 29.4 Å². The van der Waals surface area contributed by atoms with Crippen LogP contribution in [0, 0.1) is 5.82 Å². The molecule has 2 rings (SSSR count). The number of nitrogens with one attached hydrogen (secondary N) is 1. The summed E-state index contributed by atoms with van der Waals surface area (Å²) in [6.45, 7) is 1.87. The lowest BCUT2D eigenvalue weighted by Crippen LogP contribution is -2.20. The van der Waals surface area contributed by atoms with Crippen molar-refractivity contribution in [2.24, 2.45) is 0 Å². The number of hydrogen-bond acceptors (Lipinski definition) is 8. The number of Topliss-reactive ketones (excluding diaryl/α,β-unsaturated/α-hetero) is 1. The second kappa shape index (κ2) is 8.84. The highest BCUT2D eigenvalue weighted by atomic mass is 35.5. The SMILES string of the molecule is CCOC(=O)C(=CNCc1cnsn1)C(=O)c1cc(F)c(Cl)nc1Cl. The van der Waals surface area contributed by atoms with E-state index in [4.69, 9.17) is 27.9 Å². The Hall–Kier alpha value is -2.10. The molecule has 0 aliphatic heterocycles. The van der Waals surface area contributed by atoms with Crippen molar-refractivity contribution in [3.63, 3.8) is 0 Å². The minimum absolute atomic E-state index is 0.0560. The summed E-state index contributed by atoms with van der Waals surface area (Å²) in [5.41, 5.74) is -0.0513. The minimum atomic E-state index is -0.931. The van der Waals surface area contributed by atoms with Gasteiger partial charge in [0.15, 0.2) is 11.0 Å². The highest BCUT2D eigenvalue weighted by Gasteiger charge is 2.25. The Bertz CT molecular complexity index is 815. The van der Waals surface area contributed by atoms with Crippen molar-refractivity contribution in [2.75, 3.05) is 6.61 Å². The Balaban J connectivity index is 2.29. The van der Waals surface area contributed by atoms with Gasteiger partial charge in [0.05, 0.1) is 42.3 Å². The van der Waals surface area contributed by atoms with Crippen molar-refractivity contribution in [3.8, 4) is 0 Å². The first-order chi connectivity index (χ1) is 11.9. The fourth-order valence-corrected chi connectivity index (χ4v) is 2.54. The predicted molar refractivity (Wildman–Crippen MR) is 90.0 cm³/mol. The first-order valence-corrected chi connectivity index (χ1v) is 8.36. The predicted octanol–water partition coefficient (Wildman–Crippen LogP) is 2.80. The molecule has 0 aliphatic rings. The first-order valence-electron chi connectivity index (χ1n) is 6.87. The second-order valence-electron chi connectivity index (χ2n) is 4.49. The van der Waals surface area contributed by atoms with Crippen molar-refractivity contribution >= 4 is 46.7 Å². The van der Waals surface area contributed by atoms with Gasteiger partial charge in [-0.3, -0.25) is 4.79 Å². The van der Waals surface area contributed by atoms with Crippen LogP contribution in [-0.2, 0) is 16.1 Å². The van der Waals surface area contributed by atoms with E-state index >= 15 is 0 Å². The third kappa shape index (κ3) is 4.94. The molecule has 2 aromatic rings. The number of halogens is 3. The fourth-order valence-electron chi connectivity index (χ4n) is 1.70. The number of carbonyl (C=O) groups excluding carboxylic acids is 2. The molecule has 7 nitrogen and oxygen atoms in total. The molecule has 25 heavy (non-hydrogen) atoms. The molecule has 0 aliphatic carbocycles. The van der Waals surface area contributed by atoms with E-state index < -0.39 is 22.7 Å². The highest BCUT2D eigenvalue weighted by molar-refractivity contribution is 6.99. The molecule has 0 atom stereocenters. The number of carbonyl (C=O) groups is 2. The number of esters is 1. The third-order valence-electron chi connectivity index (χ3n) is 2.81. The fraction of sp³-hybridized carbons (Fsp3) is 0.214. The normalized spacial score (nSPS) is 11.3. The number of nitrogens with zero attached hydrogens (tertiary/aromatic N) is 3. The van der Waals surface area contributed by atoms with E-state index in [1.807, 2.05) is 0 Å². The monoisotopic (exact) mass is 404 g/mol. The van der Waals surface area contributed by atoms with Crippen LogP contribution < -0.4 is 5.32 Å². The van der Waals surface area contributed by atoms with Gasteiger partial charge < -0.3 is 10.1 Å². The summed E-state index contributed by atoms with van der Waals surface area (Å²) in [4.78, 5) is 28.1. The average Bonchev–Trinajstić information content (AvgIpc) is 3.08. The van der Waals surface area contributed by atoms with E-state index in [0.717, 1.165) is 24.0 Å². The maximum absolute atomic E-state index is 13.6. The summed E-state index contributed by atoms with van der Waals surface area (Å²) in [7, 11) is 0. The summed E-state index contributed by atoms with van der Waals surface area (Å²) in [5.74, 6) is -2.67. The van der Waals surface area contributed by atoms with E-state index in [9.17, 15) is 14.0 Å². The van der Waals surface area contributed by atoms with Gasteiger partial charge in [-0.25, -0.2) is 14.2 Å². The summed E-state index contributed by atoms with van der Waals surface area (Å²) < 4.78 is 26.3. The van der Waals surface area contributed by atoms with Gasteiger partial charge >= 0.3 is 5.97 Å². The Kier molecular flexibility index (Phi) is 6.80. The van der Waals surface area contributed by atoms with Gasteiger partial charge in [0.2, 0.25) is 5.78 Å². The van der Waals surface area contributed by atoms with Crippen LogP contribution in [0.4, 0.5) is 4.39 Å². The van der Waals surface area contributed by atoms with Crippen LogP contribution in [0.5, 0.6) is 0 Å². The minimum Gasteiger partial charge on any atom is -0.462 e. The van der Waals surface area contributed by atoms with Crippen LogP contribution in [0.1, 0.15) is 23.0 Å². The summed E-state index contributed by atoms with van der Waals surface area (Å²) >= 11 is 12.4. The molecule has 0 saturated carbocycles. The molecule has 132 valence electrons. The first kappa shape index (κ1) is 19.2. The number of rotatable bonds is 7. The molecule has 0 spiro atoms. The number of pyridine rings is 1. The van der Waals surface area contributed by atoms with Crippen LogP contribution in [0.25, 0.3) is 0 Å². The van der Waals surface area contributed by atoms with E-state index in [1.165, 1.54) is 6.20 Å². The molecular weight excluding hydrogens is 394 g/mol. The smallest absolute Gasteiger partial charge is 0.343 e. The Labute approximate surface area is 156 Å². The van der Waals surface area contributed by atoms with Crippen molar-refractivity contribution in [1.29, 1.82) is 0 Å². The molecule has 2 heterocycles.